The Morgan fingerprint density at radius 3 is 2.64 bits per heavy atom. The lowest BCUT2D eigenvalue weighted by atomic mass is 9.95. The summed E-state index contributed by atoms with van der Waals surface area (Å²) >= 11 is 5.84. The first-order valence-electron chi connectivity index (χ1n) is 4.58. The van der Waals surface area contributed by atoms with Gasteiger partial charge in [0.05, 0.1) is 6.10 Å². The number of aromatic nitrogens is 1. The van der Waals surface area contributed by atoms with Gasteiger partial charge in [-0.1, -0.05) is 31.5 Å². The van der Waals surface area contributed by atoms with E-state index in [0.717, 1.165) is 0 Å². The highest BCUT2D eigenvalue weighted by molar-refractivity contribution is 6.30. The van der Waals surface area contributed by atoms with Gasteiger partial charge in [0.15, 0.2) is 0 Å². The minimum absolute atomic E-state index is 0.196. The van der Waals surface area contributed by atoms with Gasteiger partial charge in [-0.2, -0.15) is 0 Å². The van der Waals surface area contributed by atoms with Gasteiger partial charge < -0.3 is 10.8 Å². The number of pyridine rings is 1. The smallest absolute Gasteiger partial charge is 0.134 e. The predicted octanol–water partition coefficient (Wildman–Crippen LogP) is 1.75. The van der Waals surface area contributed by atoms with Crippen LogP contribution in [0.5, 0.6) is 0 Å². The second-order valence-electron chi connectivity index (χ2n) is 3.65. The maximum Gasteiger partial charge on any atom is 0.134 e. The monoisotopic (exact) mass is 214 g/mol. The zero-order valence-electron chi connectivity index (χ0n) is 8.31. The summed E-state index contributed by atoms with van der Waals surface area (Å²) in [5, 5.41) is 10.2. The van der Waals surface area contributed by atoms with Crippen LogP contribution < -0.4 is 5.73 Å². The van der Waals surface area contributed by atoms with Crippen LogP contribution in [0.2, 0.25) is 5.15 Å². The van der Waals surface area contributed by atoms with E-state index in [1.807, 2.05) is 13.8 Å². The number of nitrogens with two attached hydrogens (primary N) is 1. The van der Waals surface area contributed by atoms with Crippen LogP contribution in [0.15, 0.2) is 18.3 Å². The van der Waals surface area contributed by atoms with Gasteiger partial charge in [-0.15, -0.1) is 0 Å². The third-order valence-corrected chi connectivity index (χ3v) is 2.56. The number of hydrogen-bond acceptors (Lipinski definition) is 3. The van der Waals surface area contributed by atoms with Crippen molar-refractivity contribution < 1.29 is 5.11 Å². The second-order valence-corrected chi connectivity index (χ2v) is 4.01. The highest BCUT2D eigenvalue weighted by Gasteiger charge is 2.22. The van der Waals surface area contributed by atoms with E-state index < -0.39 is 6.10 Å². The van der Waals surface area contributed by atoms with Gasteiger partial charge in [0, 0.05) is 17.8 Å². The van der Waals surface area contributed by atoms with Crippen molar-refractivity contribution in [2.75, 3.05) is 0 Å². The van der Waals surface area contributed by atoms with Crippen molar-refractivity contribution in [3.8, 4) is 0 Å². The van der Waals surface area contributed by atoms with Gasteiger partial charge >= 0.3 is 0 Å². The lowest BCUT2D eigenvalue weighted by Crippen LogP contribution is -2.33. The molecule has 0 fully saturated rings. The summed E-state index contributed by atoms with van der Waals surface area (Å²) < 4.78 is 0. The average Bonchev–Trinajstić information content (AvgIpc) is 2.16. The molecule has 4 heteroatoms. The van der Waals surface area contributed by atoms with Gasteiger partial charge in [-0.3, -0.25) is 0 Å². The average molecular weight is 215 g/mol. The third kappa shape index (κ3) is 2.44. The van der Waals surface area contributed by atoms with Crippen molar-refractivity contribution >= 4 is 11.6 Å². The summed E-state index contributed by atoms with van der Waals surface area (Å²) in [6.45, 7) is 3.91. The van der Waals surface area contributed by atoms with Crippen LogP contribution in [-0.4, -0.2) is 16.1 Å². The molecule has 0 spiro atoms. The van der Waals surface area contributed by atoms with E-state index in [4.69, 9.17) is 17.3 Å². The van der Waals surface area contributed by atoms with Crippen molar-refractivity contribution in [3.05, 3.63) is 29.0 Å². The van der Waals surface area contributed by atoms with Crippen LogP contribution in [0, 0.1) is 5.92 Å². The lowest BCUT2D eigenvalue weighted by molar-refractivity contribution is 0.125. The molecule has 0 aliphatic heterocycles. The van der Waals surface area contributed by atoms with Gasteiger partial charge in [0.25, 0.3) is 0 Å². The van der Waals surface area contributed by atoms with E-state index in [9.17, 15) is 5.11 Å². The standard InChI is InChI=1S/C10H15ClN2O/c1-6(2)8(12)9(14)7-4-3-5-13-10(7)11/h3-6,8-9,14H,12H2,1-2H3/t8-,9+/m1/s1. The van der Waals surface area contributed by atoms with Crippen LogP contribution in [0.3, 0.4) is 0 Å². The number of aliphatic hydroxyl groups is 1. The Kier molecular flexibility index (Phi) is 3.86. The van der Waals surface area contributed by atoms with Crippen molar-refractivity contribution in [2.24, 2.45) is 11.7 Å². The SMILES string of the molecule is CC(C)[C@@H](N)[C@@H](O)c1cccnc1Cl. The molecule has 0 saturated carbocycles. The summed E-state index contributed by atoms with van der Waals surface area (Å²) in [4.78, 5) is 3.89. The Balaban J connectivity index is 2.89. The van der Waals surface area contributed by atoms with Gasteiger partial charge in [0.1, 0.15) is 5.15 Å². The first-order chi connectivity index (χ1) is 6.54. The van der Waals surface area contributed by atoms with E-state index in [-0.39, 0.29) is 12.0 Å². The molecular formula is C10H15ClN2O. The molecule has 1 aromatic heterocycles. The van der Waals surface area contributed by atoms with Crippen LogP contribution in [0.4, 0.5) is 0 Å². The fourth-order valence-corrected chi connectivity index (χ4v) is 1.42. The largest absolute Gasteiger partial charge is 0.387 e. The van der Waals surface area contributed by atoms with Crippen molar-refractivity contribution in [2.45, 2.75) is 26.0 Å². The molecule has 3 N–H and O–H groups in total. The first-order valence-corrected chi connectivity index (χ1v) is 4.96. The van der Waals surface area contributed by atoms with Crippen LogP contribution >= 0.6 is 11.6 Å². The van der Waals surface area contributed by atoms with Crippen LogP contribution in [-0.2, 0) is 0 Å². The molecule has 3 nitrogen and oxygen atoms in total. The molecule has 1 rings (SSSR count). The number of rotatable bonds is 3. The fourth-order valence-electron chi connectivity index (χ4n) is 1.19. The molecule has 2 atom stereocenters. The topological polar surface area (TPSA) is 59.1 Å². The van der Waals surface area contributed by atoms with Crippen molar-refractivity contribution in [3.63, 3.8) is 0 Å². The van der Waals surface area contributed by atoms with Crippen molar-refractivity contribution in [1.82, 2.24) is 4.98 Å². The first kappa shape index (κ1) is 11.4. The molecular weight excluding hydrogens is 200 g/mol. The zero-order chi connectivity index (χ0) is 10.7. The van der Waals surface area contributed by atoms with Crippen LogP contribution in [0.1, 0.15) is 25.5 Å². The Hall–Kier alpha value is -0.640. The lowest BCUT2D eigenvalue weighted by Gasteiger charge is -2.22. The quantitative estimate of drug-likeness (QED) is 0.754. The molecule has 1 heterocycles. The summed E-state index contributed by atoms with van der Waals surface area (Å²) in [6, 6.07) is 3.15. The van der Waals surface area contributed by atoms with E-state index in [1.165, 1.54) is 0 Å². The van der Waals surface area contributed by atoms with E-state index in [2.05, 4.69) is 4.98 Å². The molecule has 14 heavy (non-hydrogen) atoms. The Bertz CT molecular complexity index is 304. The molecule has 0 amide bonds. The predicted molar refractivity (Wildman–Crippen MR) is 57.0 cm³/mol. The minimum Gasteiger partial charge on any atom is -0.387 e. The molecule has 0 radical (unpaired) electrons. The van der Waals surface area contributed by atoms with Gasteiger partial charge in [-0.25, -0.2) is 4.98 Å². The van der Waals surface area contributed by atoms with Crippen LogP contribution in [0.25, 0.3) is 0 Å². The van der Waals surface area contributed by atoms with Gasteiger partial charge in [-0.05, 0) is 12.0 Å². The fraction of sp³-hybridized carbons (Fsp3) is 0.500. The number of aliphatic hydroxyl groups excluding tert-OH is 1. The molecule has 0 bridgehead atoms. The maximum absolute atomic E-state index is 9.89. The highest BCUT2D eigenvalue weighted by atomic mass is 35.5. The summed E-state index contributed by atoms with van der Waals surface area (Å²) in [7, 11) is 0. The third-order valence-electron chi connectivity index (χ3n) is 2.24. The highest BCUT2D eigenvalue weighted by Crippen LogP contribution is 2.24. The maximum atomic E-state index is 9.89. The Labute approximate surface area is 88.9 Å². The molecule has 0 aliphatic carbocycles. The summed E-state index contributed by atoms with van der Waals surface area (Å²) in [6.07, 6.45) is 0.829. The van der Waals surface area contributed by atoms with E-state index in [1.54, 1.807) is 18.3 Å². The Morgan fingerprint density at radius 1 is 1.50 bits per heavy atom. The number of halogens is 1. The van der Waals surface area contributed by atoms with E-state index in [0.29, 0.717) is 10.7 Å². The van der Waals surface area contributed by atoms with E-state index >= 15 is 0 Å². The Morgan fingerprint density at radius 2 is 2.14 bits per heavy atom. The van der Waals surface area contributed by atoms with Crippen molar-refractivity contribution in [1.29, 1.82) is 0 Å². The number of nitrogens with zero attached hydrogens (tertiary/aromatic N) is 1. The molecule has 78 valence electrons. The number of hydrogen-bond donors (Lipinski definition) is 2. The molecule has 0 saturated heterocycles. The van der Waals surface area contributed by atoms with Gasteiger partial charge in [0.2, 0.25) is 0 Å². The summed E-state index contributed by atoms with van der Waals surface area (Å²) in [5.74, 6) is 0.196. The molecule has 0 aliphatic rings. The molecule has 0 aromatic carbocycles. The zero-order valence-corrected chi connectivity index (χ0v) is 9.07. The molecule has 0 unspecified atom stereocenters. The minimum atomic E-state index is -0.754. The normalized spacial score (nSPS) is 15.6. The second kappa shape index (κ2) is 4.73. The summed E-state index contributed by atoms with van der Waals surface area (Å²) in [5.41, 5.74) is 6.42. The molecule has 1 aromatic rings.